The Hall–Kier alpha value is -2.90. The van der Waals surface area contributed by atoms with E-state index in [2.05, 4.69) is 51.5 Å². The van der Waals surface area contributed by atoms with Crippen LogP contribution in [0.3, 0.4) is 0 Å². The second-order valence-corrected chi connectivity index (χ2v) is 7.41. The number of ether oxygens (including phenoxy) is 2. The molecule has 0 radical (unpaired) electrons. The van der Waals surface area contributed by atoms with Crippen molar-refractivity contribution in [2.75, 3.05) is 46.9 Å². The van der Waals surface area contributed by atoms with Gasteiger partial charge in [0.05, 0.1) is 27.0 Å². The third-order valence-electron chi connectivity index (χ3n) is 5.19. The fraction of sp³-hybridized carbons (Fsp3) is 0.391. The van der Waals surface area contributed by atoms with Gasteiger partial charge in [0.15, 0.2) is 11.5 Å². The molecule has 7 heteroatoms. The van der Waals surface area contributed by atoms with E-state index >= 15 is 0 Å². The van der Waals surface area contributed by atoms with Gasteiger partial charge < -0.3 is 9.47 Å². The van der Waals surface area contributed by atoms with Crippen LogP contribution in [0.25, 0.3) is 0 Å². The lowest BCUT2D eigenvalue weighted by atomic mass is 10.1. The van der Waals surface area contributed by atoms with Crippen LogP contribution in [0.4, 0.5) is 0 Å². The molecule has 1 aliphatic rings. The maximum Gasteiger partial charge on any atom is 0.254 e. The van der Waals surface area contributed by atoms with E-state index < -0.39 is 0 Å². The van der Waals surface area contributed by atoms with Gasteiger partial charge in [-0.25, -0.2) is 5.43 Å². The predicted molar refractivity (Wildman–Crippen MR) is 118 cm³/mol. The van der Waals surface area contributed by atoms with Crippen molar-refractivity contribution in [2.45, 2.75) is 13.5 Å². The van der Waals surface area contributed by atoms with Crippen molar-refractivity contribution >= 4 is 12.1 Å². The summed E-state index contributed by atoms with van der Waals surface area (Å²) in [6, 6.07) is 14.2. The molecule has 0 saturated carbocycles. The highest BCUT2D eigenvalue weighted by Crippen LogP contribution is 2.29. The van der Waals surface area contributed by atoms with Crippen LogP contribution >= 0.6 is 0 Å². The monoisotopic (exact) mass is 410 g/mol. The number of hydrazone groups is 1. The molecular formula is C23H30N4O3. The quantitative estimate of drug-likeness (QED) is 0.534. The van der Waals surface area contributed by atoms with E-state index in [9.17, 15) is 4.79 Å². The summed E-state index contributed by atoms with van der Waals surface area (Å²) in [6.45, 7) is 7.03. The largest absolute Gasteiger partial charge is 0.493 e. The first-order valence-electron chi connectivity index (χ1n) is 10.1. The number of hydrogen-bond acceptors (Lipinski definition) is 6. The van der Waals surface area contributed by atoms with E-state index in [4.69, 9.17) is 9.47 Å². The Bertz CT molecular complexity index is 859. The number of aryl methyl sites for hydroxylation is 1. The number of methoxy groups -OCH3 is 2. The Labute approximate surface area is 178 Å². The van der Waals surface area contributed by atoms with Gasteiger partial charge >= 0.3 is 0 Å². The Morgan fingerprint density at radius 3 is 2.40 bits per heavy atom. The number of piperazine rings is 1. The lowest BCUT2D eigenvalue weighted by Crippen LogP contribution is -2.48. The zero-order valence-electron chi connectivity index (χ0n) is 17.9. The summed E-state index contributed by atoms with van der Waals surface area (Å²) in [6.07, 6.45) is 1.57. The number of hydrogen-bond donors (Lipinski definition) is 1. The molecule has 1 heterocycles. The van der Waals surface area contributed by atoms with Gasteiger partial charge in [-0.3, -0.25) is 14.6 Å². The number of nitrogens with one attached hydrogen (secondary N) is 1. The number of nitrogens with zero attached hydrogens (tertiary/aromatic N) is 3. The molecule has 1 aliphatic heterocycles. The zero-order chi connectivity index (χ0) is 21.3. The molecule has 160 valence electrons. The van der Waals surface area contributed by atoms with Gasteiger partial charge in [0.2, 0.25) is 0 Å². The molecule has 0 aliphatic carbocycles. The number of para-hydroxylation sites is 1. The Morgan fingerprint density at radius 2 is 1.73 bits per heavy atom. The molecule has 2 aromatic carbocycles. The molecule has 0 atom stereocenters. The number of benzene rings is 2. The summed E-state index contributed by atoms with van der Waals surface area (Å²) in [5.74, 6) is 1.08. The van der Waals surface area contributed by atoms with Crippen LogP contribution in [0.15, 0.2) is 47.6 Å². The Balaban J connectivity index is 1.43. The standard InChI is InChI=1S/C23H30N4O3/c1-18-7-9-19(10-8-18)16-26-11-13-27(14-12-26)17-22(28)25-24-15-20-5-4-6-21(29-2)23(20)30-3/h4-10,15H,11-14,16-17H2,1-3H3,(H,25,28)/b24-15+. The summed E-state index contributed by atoms with van der Waals surface area (Å²) in [7, 11) is 3.16. The van der Waals surface area contributed by atoms with Crippen molar-refractivity contribution < 1.29 is 14.3 Å². The lowest BCUT2D eigenvalue weighted by Gasteiger charge is -2.34. The zero-order valence-corrected chi connectivity index (χ0v) is 17.9. The van der Waals surface area contributed by atoms with Crippen molar-refractivity contribution in [3.63, 3.8) is 0 Å². The predicted octanol–water partition coefficient (Wildman–Crippen LogP) is 2.28. The molecule has 0 spiro atoms. The average molecular weight is 411 g/mol. The van der Waals surface area contributed by atoms with Crippen molar-refractivity contribution in [3.05, 3.63) is 59.2 Å². The topological polar surface area (TPSA) is 66.4 Å². The van der Waals surface area contributed by atoms with Gasteiger partial charge in [0.25, 0.3) is 5.91 Å². The fourth-order valence-electron chi connectivity index (χ4n) is 3.48. The second kappa shape index (κ2) is 10.8. The third-order valence-corrected chi connectivity index (χ3v) is 5.19. The first-order valence-corrected chi connectivity index (χ1v) is 10.1. The molecule has 30 heavy (non-hydrogen) atoms. The first kappa shape index (κ1) is 21.8. The second-order valence-electron chi connectivity index (χ2n) is 7.41. The van der Waals surface area contributed by atoms with E-state index in [0.717, 1.165) is 38.3 Å². The maximum absolute atomic E-state index is 12.2. The smallest absolute Gasteiger partial charge is 0.254 e. The van der Waals surface area contributed by atoms with Crippen LogP contribution in [0.2, 0.25) is 0 Å². The van der Waals surface area contributed by atoms with E-state index in [-0.39, 0.29) is 5.91 Å². The average Bonchev–Trinajstić information content (AvgIpc) is 2.76. The van der Waals surface area contributed by atoms with Gasteiger partial charge in [-0.15, -0.1) is 0 Å². The van der Waals surface area contributed by atoms with E-state index in [0.29, 0.717) is 18.0 Å². The van der Waals surface area contributed by atoms with Crippen LogP contribution < -0.4 is 14.9 Å². The summed E-state index contributed by atoms with van der Waals surface area (Å²) in [4.78, 5) is 16.8. The molecule has 0 unspecified atom stereocenters. The number of rotatable bonds is 8. The van der Waals surface area contributed by atoms with Crippen molar-refractivity contribution in [3.8, 4) is 11.5 Å². The van der Waals surface area contributed by atoms with Crippen molar-refractivity contribution in [1.82, 2.24) is 15.2 Å². The summed E-state index contributed by atoms with van der Waals surface area (Å²) in [5.41, 5.74) is 5.95. The van der Waals surface area contributed by atoms with Gasteiger partial charge in [-0.05, 0) is 24.6 Å². The Kier molecular flexibility index (Phi) is 7.82. The van der Waals surface area contributed by atoms with E-state index in [1.807, 2.05) is 18.2 Å². The summed E-state index contributed by atoms with van der Waals surface area (Å²) >= 11 is 0. The molecule has 1 fully saturated rings. The number of carbonyl (C=O) groups excluding carboxylic acids is 1. The molecule has 1 saturated heterocycles. The fourth-order valence-corrected chi connectivity index (χ4v) is 3.48. The molecular weight excluding hydrogens is 380 g/mol. The SMILES string of the molecule is COc1cccc(/C=N/NC(=O)CN2CCN(Cc3ccc(C)cc3)CC2)c1OC. The molecule has 0 bridgehead atoms. The van der Waals surface area contributed by atoms with Crippen LogP contribution in [0, 0.1) is 6.92 Å². The third kappa shape index (κ3) is 6.05. The molecule has 1 N–H and O–H groups in total. The minimum absolute atomic E-state index is 0.125. The van der Waals surface area contributed by atoms with Crippen molar-refractivity contribution in [1.29, 1.82) is 0 Å². The minimum atomic E-state index is -0.125. The van der Waals surface area contributed by atoms with E-state index in [1.54, 1.807) is 20.4 Å². The minimum Gasteiger partial charge on any atom is -0.493 e. The molecule has 3 rings (SSSR count). The van der Waals surface area contributed by atoms with Crippen LogP contribution in [-0.2, 0) is 11.3 Å². The number of amides is 1. The van der Waals surface area contributed by atoms with Crippen LogP contribution in [0.1, 0.15) is 16.7 Å². The van der Waals surface area contributed by atoms with E-state index in [1.165, 1.54) is 11.1 Å². The van der Waals surface area contributed by atoms with Crippen LogP contribution in [-0.4, -0.2) is 68.9 Å². The molecule has 7 nitrogen and oxygen atoms in total. The molecule has 0 aromatic heterocycles. The van der Waals surface area contributed by atoms with Gasteiger partial charge in [-0.2, -0.15) is 5.10 Å². The van der Waals surface area contributed by atoms with Crippen molar-refractivity contribution in [2.24, 2.45) is 5.10 Å². The summed E-state index contributed by atoms with van der Waals surface area (Å²) in [5, 5.41) is 4.07. The highest BCUT2D eigenvalue weighted by atomic mass is 16.5. The van der Waals surface area contributed by atoms with Gasteiger partial charge in [0, 0.05) is 38.3 Å². The molecule has 2 aromatic rings. The molecule has 1 amide bonds. The maximum atomic E-state index is 12.2. The van der Waals surface area contributed by atoms with Crippen LogP contribution in [0.5, 0.6) is 11.5 Å². The highest BCUT2D eigenvalue weighted by Gasteiger charge is 2.19. The van der Waals surface area contributed by atoms with Gasteiger partial charge in [-0.1, -0.05) is 35.9 Å². The Morgan fingerprint density at radius 1 is 1.03 bits per heavy atom. The first-order chi connectivity index (χ1) is 14.6. The number of carbonyl (C=O) groups is 1. The lowest BCUT2D eigenvalue weighted by molar-refractivity contribution is -0.122. The van der Waals surface area contributed by atoms with Gasteiger partial charge in [0.1, 0.15) is 0 Å². The normalized spacial score (nSPS) is 15.3. The highest BCUT2D eigenvalue weighted by molar-refractivity contribution is 5.86. The summed E-state index contributed by atoms with van der Waals surface area (Å²) < 4.78 is 10.6.